The van der Waals surface area contributed by atoms with Crippen molar-refractivity contribution >= 4 is 34.9 Å². The molecule has 0 aliphatic carbocycles. The molecule has 1 N–H and O–H groups in total. The first kappa shape index (κ1) is 18.3. The molecule has 2 atom stereocenters. The van der Waals surface area contributed by atoms with Crippen LogP contribution in [0.25, 0.3) is 0 Å². The standard InChI is InChI=1S/C21H18N4O5/c26-18-21(19(27)24(20(28)22-18)14-5-2-1-3-6-14)12-13-11-15(25(29)30)8-9-16(13)23-10-4-7-17(21)23/h1-3,5-6,8-9,11,17H,4,7,10,12H2,(H,22,26,28)/t17-,21-/m1/s1. The maximum absolute atomic E-state index is 13.8. The molecule has 2 saturated heterocycles. The number of carbonyl (C=O) groups excluding carboxylic acids is 3. The molecule has 3 aliphatic rings. The average Bonchev–Trinajstić information content (AvgIpc) is 3.23. The van der Waals surface area contributed by atoms with Crippen molar-refractivity contribution in [3.05, 3.63) is 64.2 Å². The van der Waals surface area contributed by atoms with Gasteiger partial charge in [-0.05, 0) is 36.6 Å². The van der Waals surface area contributed by atoms with Gasteiger partial charge in [0.25, 0.3) is 11.6 Å². The number of nitro groups is 1. The van der Waals surface area contributed by atoms with Gasteiger partial charge in [0.1, 0.15) is 0 Å². The minimum Gasteiger partial charge on any atom is -0.367 e. The van der Waals surface area contributed by atoms with Crippen molar-refractivity contribution in [2.75, 3.05) is 16.3 Å². The summed E-state index contributed by atoms with van der Waals surface area (Å²) in [5.74, 6) is -1.23. The molecule has 3 heterocycles. The van der Waals surface area contributed by atoms with Gasteiger partial charge in [-0.2, -0.15) is 0 Å². The Morgan fingerprint density at radius 2 is 1.87 bits per heavy atom. The Hall–Kier alpha value is -3.75. The van der Waals surface area contributed by atoms with Crippen molar-refractivity contribution in [2.45, 2.75) is 25.3 Å². The third-order valence-electron chi connectivity index (χ3n) is 6.30. The number of fused-ring (bicyclic) bond motifs is 4. The summed E-state index contributed by atoms with van der Waals surface area (Å²) < 4.78 is 0. The fourth-order valence-corrected chi connectivity index (χ4v) is 5.01. The summed E-state index contributed by atoms with van der Waals surface area (Å²) in [6.07, 6.45) is 1.40. The summed E-state index contributed by atoms with van der Waals surface area (Å²) >= 11 is 0. The molecule has 4 amide bonds. The predicted molar refractivity (Wildman–Crippen MR) is 107 cm³/mol. The van der Waals surface area contributed by atoms with Crippen LogP contribution in [0.1, 0.15) is 18.4 Å². The van der Waals surface area contributed by atoms with E-state index in [0.29, 0.717) is 24.2 Å². The maximum Gasteiger partial charge on any atom is 0.335 e. The summed E-state index contributed by atoms with van der Waals surface area (Å²) in [6.45, 7) is 0.636. The van der Waals surface area contributed by atoms with Crippen LogP contribution in [0.2, 0.25) is 0 Å². The van der Waals surface area contributed by atoms with E-state index in [0.717, 1.165) is 17.0 Å². The van der Waals surface area contributed by atoms with Crippen LogP contribution in [0, 0.1) is 15.5 Å². The third kappa shape index (κ3) is 2.38. The molecule has 3 aliphatic heterocycles. The zero-order valence-corrected chi connectivity index (χ0v) is 15.9. The van der Waals surface area contributed by atoms with Crippen molar-refractivity contribution in [1.82, 2.24) is 5.32 Å². The second-order valence-corrected chi connectivity index (χ2v) is 7.81. The van der Waals surface area contributed by atoms with E-state index in [1.54, 1.807) is 36.4 Å². The molecule has 0 radical (unpaired) electrons. The first-order chi connectivity index (χ1) is 14.4. The molecule has 1 spiro atoms. The van der Waals surface area contributed by atoms with Crippen LogP contribution in [-0.2, 0) is 16.0 Å². The number of hydrogen-bond acceptors (Lipinski definition) is 6. The molecular formula is C21H18N4O5. The molecule has 0 aromatic heterocycles. The van der Waals surface area contributed by atoms with E-state index in [1.165, 1.54) is 12.1 Å². The summed E-state index contributed by atoms with van der Waals surface area (Å²) in [4.78, 5) is 53.4. The lowest BCUT2D eigenvalue weighted by Gasteiger charge is -2.49. The van der Waals surface area contributed by atoms with Gasteiger partial charge >= 0.3 is 6.03 Å². The number of nitro benzene ring substituents is 1. The van der Waals surface area contributed by atoms with Gasteiger partial charge in [0.15, 0.2) is 5.41 Å². The van der Waals surface area contributed by atoms with E-state index in [1.807, 2.05) is 4.90 Å². The lowest BCUT2D eigenvalue weighted by Crippen LogP contribution is -2.71. The predicted octanol–water partition coefficient (Wildman–Crippen LogP) is 2.39. The Balaban J connectivity index is 1.67. The molecule has 152 valence electrons. The fourth-order valence-electron chi connectivity index (χ4n) is 5.01. The number of nitrogens with zero attached hydrogens (tertiary/aromatic N) is 3. The number of nitrogens with one attached hydrogen (secondary N) is 1. The molecule has 9 nitrogen and oxygen atoms in total. The van der Waals surface area contributed by atoms with Crippen LogP contribution >= 0.6 is 0 Å². The SMILES string of the molecule is O=C1NC(=O)[C@]2(Cc3cc([N+](=O)[O-])ccc3N3CCC[C@@H]32)C(=O)N1c1ccccc1. The summed E-state index contributed by atoms with van der Waals surface area (Å²) in [5, 5.41) is 13.7. The molecule has 5 rings (SSSR count). The monoisotopic (exact) mass is 406 g/mol. The number of carbonyl (C=O) groups is 3. The Morgan fingerprint density at radius 3 is 2.60 bits per heavy atom. The Bertz CT molecular complexity index is 1100. The van der Waals surface area contributed by atoms with Gasteiger partial charge in [-0.1, -0.05) is 18.2 Å². The number of non-ortho nitro benzene ring substituents is 1. The quantitative estimate of drug-likeness (QED) is 0.465. The molecule has 9 heteroatoms. The summed E-state index contributed by atoms with van der Waals surface area (Å²) in [7, 11) is 0. The zero-order chi connectivity index (χ0) is 21.0. The Morgan fingerprint density at radius 1 is 1.10 bits per heavy atom. The molecular weight excluding hydrogens is 388 g/mol. The molecule has 30 heavy (non-hydrogen) atoms. The molecule has 0 bridgehead atoms. The summed E-state index contributed by atoms with van der Waals surface area (Å²) in [5.41, 5.74) is 0.121. The number of hydrogen-bond donors (Lipinski definition) is 1. The first-order valence-electron chi connectivity index (χ1n) is 9.72. The molecule has 0 unspecified atom stereocenters. The number of barbiturate groups is 1. The van der Waals surface area contributed by atoms with Crippen molar-refractivity contribution in [3.63, 3.8) is 0 Å². The third-order valence-corrected chi connectivity index (χ3v) is 6.30. The highest BCUT2D eigenvalue weighted by molar-refractivity contribution is 6.30. The van der Waals surface area contributed by atoms with Crippen LogP contribution in [0.4, 0.5) is 21.9 Å². The number of imide groups is 2. The van der Waals surface area contributed by atoms with E-state index < -0.39 is 34.2 Å². The zero-order valence-electron chi connectivity index (χ0n) is 15.9. The number of para-hydroxylation sites is 1. The number of urea groups is 1. The largest absolute Gasteiger partial charge is 0.367 e. The van der Waals surface area contributed by atoms with Crippen molar-refractivity contribution < 1.29 is 19.3 Å². The topological polar surface area (TPSA) is 113 Å². The number of anilines is 2. The van der Waals surface area contributed by atoms with E-state index >= 15 is 0 Å². The molecule has 2 fully saturated rings. The minimum absolute atomic E-state index is 0.00641. The van der Waals surface area contributed by atoms with Crippen LogP contribution in [-0.4, -0.2) is 35.4 Å². The normalized spacial score (nSPS) is 25.2. The molecule has 2 aromatic carbocycles. The van der Waals surface area contributed by atoms with Gasteiger partial charge in [0.05, 0.1) is 16.7 Å². The number of amides is 4. The van der Waals surface area contributed by atoms with Crippen LogP contribution in [0.3, 0.4) is 0 Å². The van der Waals surface area contributed by atoms with Crippen molar-refractivity contribution in [2.24, 2.45) is 5.41 Å². The van der Waals surface area contributed by atoms with Gasteiger partial charge in [0, 0.05) is 30.8 Å². The van der Waals surface area contributed by atoms with E-state index in [4.69, 9.17) is 0 Å². The van der Waals surface area contributed by atoms with Gasteiger partial charge < -0.3 is 4.90 Å². The second-order valence-electron chi connectivity index (χ2n) is 7.81. The van der Waals surface area contributed by atoms with E-state index in [-0.39, 0.29) is 12.1 Å². The van der Waals surface area contributed by atoms with Crippen LogP contribution < -0.4 is 15.1 Å². The number of benzene rings is 2. The van der Waals surface area contributed by atoms with Crippen molar-refractivity contribution in [1.29, 1.82) is 0 Å². The van der Waals surface area contributed by atoms with Gasteiger partial charge in [0.2, 0.25) is 5.91 Å². The fraction of sp³-hybridized carbons (Fsp3) is 0.286. The highest BCUT2D eigenvalue weighted by Gasteiger charge is 2.63. The highest BCUT2D eigenvalue weighted by atomic mass is 16.6. The van der Waals surface area contributed by atoms with Crippen LogP contribution in [0.15, 0.2) is 48.5 Å². The Kier molecular flexibility index (Phi) is 3.89. The lowest BCUT2D eigenvalue weighted by molar-refractivity contribution is -0.384. The van der Waals surface area contributed by atoms with E-state index in [9.17, 15) is 24.5 Å². The minimum atomic E-state index is -1.53. The highest BCUT2D eigenvalue weighted by Crippen LogP contribution is 2.49. The van der Waals surface area contributed by atoms with Crippen LogP contribution in [0.5, 0.6) is 0 Å². The van der Waals surface area contributed by atoms with Gasteiger partial charge in [-0.3, -0.25) is 25.0 Å². The lowest BCUT2D eigenvalue weighted by atomic mass is 9.68. The first-order valence-corrected chi connectivity index (χ1v) is 9.72. The Labute approximate surface area is 171 Å². The smallest absolute Gasteiger partial charge is 0.335 e. The van der Waals surface area contributed by atoms with Crippen molar-refractivity contribution in [3.8, 4) is 0 Å². The summed E-state index contributed by atoms with van der Waals surface area (Å²) in [6, 6.07) is 11.8. The second kappa shape index (κ2) is 6.38. The molecule has 0 saturated carbocycles. The maximum atomic E-state index is 13.8. The van der Waals surface area contributed by atoms with E-state index in [2.05, 4.69) is 5.32 Å². The van der Waals surface area contributed by atoms with Gasteiger partial charge in [-0.15, -0.1) is 0 Å². The molecule has 2 aromatic rings. The number of rotatable bonds is 2. The van der Waals surface area contributed by atoms with Gasteiger partial charge in [-0.25, -0.2) is 9.69 Å². The average molecular weight is 406 g/mol.